The van der Waals surface area contributed by atoms with Crippen molar-refractivity contribution in [3.63, 3.8) is 0 Å². The van der Waals surface area contributed by atoms with Crippen LogP contribution in [0.1, 0.15) is 25.3 Å². The minimum absolute atomic E-state index is 0.0220. The lowest BCUT2D eigenvalue weighted by Gasteiger charge is -2.39. The molecule has 4 rings (SSSR count). The van der Waals surface area contributed by atoms with Gasteiger partial charge in [0.1, 0.15) is 0 Å². The molecule has 0 aliphatic carbocycles. The number of piperazine rings is 1. The number of amides is 2. The van der Waals surface area contributed by atoms with E-state index < -0.39 is 10.0 Å². The van der Waals surface area contributed by atoms with E-state index in [1.165, 1.54) is 4.31 Å². The van der Waals surface area contributed by atoms with Crippen LogP contribution >= 0.6 is 0 Å². The Kier molecular flexibility index (Phi) is 8.20. The molecule has 2 aliphatic heterocycles. The van der Waals surface area contributed by atoms with Gasteiger partial charge in [0.05, 0.1) is 10.9 Å². The van der Waals surface area contributed by atoms with E-state index >= 15 is 0 Å². The van der Waals surface area contributed by atoms with E-state index in [0.29, 0.717) is 45.8 Å². The molecule has 35 heavy (non-hydrogen) atoms. The van der Waals surface area contributed by atoms with Crippen LogP contribution in [0, 0.1) is 5.92 Å². The minimum atomic E-state index is -3.54. The largest absolute Gasteiger partial charge is 0.352 e. The highest BCUT2D eigenvalue weighted by Gasteiger charge is 2.34. The molecule has 1 atom stereocenters. The highest BCUT2D eigenvalue weighted by atomic mass is 32.2. The molecule has 9 heteroatoms. The summed E-state index contributed by atoms with van der Waals surface area (Å²) >= 11 is 0. The highest BCUT2D eigenvalue weighted by Crippen LogP contribution is 2.22. The van der Waals surface area contributed by atoms with Crippen LogP contribution in [0.2, 0.25) is 0 Å². The van der Waals surface area contributed by atoms with E-state index in [1.54, 1.807) is 35.2 Å². The molecular weight excluding hydrogens is 464 g/mol. The number of likely N-dealkylation sites (tertiary alicyclic amines) is 1. The molecule has 8 nitrogen and oxygen atoms in total. The van der Waals surface area contributed by atoms with Crippen LogP contribution < -0.4 is 5.32 Å². The lowest BCUT2D eigenvalue weighted by atomic mass is 9.94. The lowest BCUT2D eigenvalue weighted by Crippen LogP contribution is -2.56. The Hall–Kier alpha value is -2.75. The van der Waals surface area contributed by atoms with E-state index in [-0.39, 0.29) is 28.7 Å². The predicted octanol–water partition coefficient (Wildman–Crippen LogP) is 1.94. The summed E-state index contributed by atoms with van der Waals surface area (Å²) in [6.07, 6.45) is 1.45. The van der Waals surface area contributed by atoms with Crippen LogP contribution in [0.25, 0.3) is 0 Å². The maximum Gasteiger partial charge on any atom is 0.243 e. The van der Waals surface area contributed by atoms with Crippen LogP contribution in [-0.2, 0) is 26.2 Å². The molecule has 2 amide bonds. The van der Waals surface area contributed by atoms with Crippen LogP contribution in [0.3, 0.4) is 0 Å². The number of sulfonamides is 1. The van der Waals surface area contributed by atoms with Crippen LogP contribution in [-0.4, -0.2) is 79.6 Å². The highest BCUT2D eigenvalue weighted by molar-refractivity contribution is 7.89. The average molecular weight is 499 g/mol. The number of piperidine rings is 1. The van der Waals surface area contributed by atoms with E-state index in [1.807, 2.05) is 37.3 Å². The van der Waals surface area contributed by atoms with Gasteiger partial charge in [0, 0.05) is 38.6 Å². The number of carbonyl (C=O) groups excluding carboxylic acids is 2. The molecule has 2 fully saturated rings. The first-order valence-electron chi connectivity index (χ1n) is 12.3. The van der Waals surface area contributed by atoms with Crippen molar-refractivity contribution in [2.45, 2.75) is 37.2 Å². The fourth-order valence-corrected chi connectivity index (χ4v) is 6.23. The zero-order valence-electron chi connectivity index (χ0n) is 20.2. The average Bonchev–Trinajstić information content (AvgIpc) is 2.92. The van der Waals surface area contributed by atoms with E-state index in [9.17, 15) is 18.0 Å². The molecule has 0 radical (unpaired) electrons. The van der Waals surface area contributed by atoms with E-state index in [0.717, 1.165) is 18.4 Å². The second-order valence-corrected chi connectivity index (χ2v) is 11.2. The van der Waals surface area contributed by atoms with Gasteiger partial charge in [-0.3, -0.25) is 14.5 Å². The smallest absolute Gasteiger partial charge is 0.243 e. The second kappa shape index (κ2) is 11.3. The summed E-state index contributed by atoms with van der Waals surface area (Å²) in [6.45, 7) is 5.17. The Morgan fingerprint density at radius 2 is 1.46 bits per heavy atom. The molecule has 2 aromatic rings. The number of hydrogen-bond acceptors (Lipinski definition) is 5. The summed E-state index contributed by atoms with van der Waals surface area (Å²) in [4.78, 5) is 29.9. The van der Waals surface area contributed by atoms with Crippen LogP contribution in [0.15, 0.2) is 65.6 Å². The van der Waals surface area contributed by atoms with Gasteiger partial charge in [0.2, 0.25) is 21.8 Å². The molecule has 0 spiro atoms. The van der Waals surface area contributed by atoms with Crippen LogP contribution in [0.5, 0.6) is 0 Å². The molecule has 0 aromatic heterocycles. The Balaban J connectivity index is 1.23. The maximum atomic E-state index is 13.1. The van der Waals surface area contributed by atoms with Crippen molar-refractivity contribution in [2.75, 3.05) is 39.3 Å². The van der Waals surface area contributed by atoms with Crippen molar-refractivity contribution in [3.8, 4) is 0 Å². The minimum Gasteiger partial charge on any atom is -0.352 e. The zero-order chi connectivity index (χ0) is 24.8. The SMILES string of the molecule is C[C@@H](C(=O)N1CCN(S(=O)(=O)c2ccccc2)CC1)N1CCC(C(=O)NCc2ccccc2)CC1. The molecule has 0 unspecified atom stereocenters. The molecule has 2 aromatic carbocycles. The van der Waals surface area contributed by atoms with Gasteiger partial charge in [-0.2, -0.15) is 4.31 Å². The Bertz CT molecular complexity index is 1090. The summed E-state index contributed by atoms with van der Waals surface area (Å²) in [5.41, 5.74) is 1.08. The lowest BCUT2D eigenvalue weighted by molar-refractivity contribution is -0.138. The van der Waals surface area contributed by atoms with Gasteiger partial charge >= 0.3 is 0 Å². The monoisotopic (exact) mass is 498 g/mol. The van der Waals surface area contributed by atoms with Crippen molar-refractivity contribution in [2.24, 2.45) is 5.92 Å². The van der Waals surface area contributed by atoms with Gasteiger partial charge in [-0.25, -0.2) is 8.42 Å². The third kappa shape index (κ3) is 6.09. The van der Waals surface area contributed by atoms with E-state index in [4.69, 9.17) is 0 Å². The number of hydrogen-bond donors (Lipinski definition) is 1. The number of carbonyl (C=O) groups is 2. The third-order valence-electron chi connectivity index (χ3n) is 7.05. The first-order valence-corrected chi connectivity index (χ1v) is 13.7. The summed E-state index contributed by atoms with van der Waals surface area (Å²) in [5.74, 6) is 0.0565. The predicted molar refractivity (Wildman–Crippen MR) is 134 cm³/mol. The summed E-state index contributed by atoms with van der Waals surface area (Å²) in [6, 6.07) is 18.0. The number of benzene rings is 2. The molecular formula is C26H34N4O4S. The van der Waals surface area contributed by atoms with Crippen molar-refractivity contribution >= 4 is 21.8 Å². The van der Waals surface area contributed by atoms with Gasteiger partial charge in [0.15, 0.2) is 0 Å². The van der Waals surface area contributed by atoms with Crippen molar-refractivity contribution in [3.05, 3.63) is 66.2 Å². The zero-order valence-corrected chi connectivity index (χ0v) is 21.0. The quantitative estimate of drug-likeness (QED) is 0.630. The summed E-state index contributed by atoms with van der Waals surface area (Å²) in [7, 11) is -3.54. The first-order chi connectivity index (χ1) is 16.9. The number of nitrogens with zero attached hydrogens (tertiary/aromatic N) is 3. The summed E-state index contributed by atoms with van der Waals surface area (Å²) < 4.78 is 27.1. The topological polar surface area (TPSA) is 90.0 Å². The molecule has 2 saturated heterocycles. The van der Waals surface area contributed by atoms with Gasteiger partial charge in [-0.15, -0.1) is 0 Å². The van der Waals surface area contributed by atoms with Crippen LogP contribution in [0.4, 0.5) is 0 Å². The maximum absolute atomic E-state index is 13.1. The van der Waals surface area contributed by atoms with E-state index in [2.05, 4.69) is 10.2 Å². The van der Waals surface area contributed by atoms with Crippen molar-refractivity contribution in [1.82, 2.24) is 19.4 Å². The molecule has 2 heterocycles. The van der Waals surface area contributed by atoms with Gasteiger partial charge < -0.3 is 10.2 Å². The fraction of sp³-hybridized carbons (Fsp3) is 0.462. The summed E-state index contributed by atoms with van der Waals surface area (Å²) in [5, 5.41) is 3.03. The van der Waals surface area contributed by atoms with Gasteiger partial charge in [-0.05, 0) is 50.6 Å². The third-order valence-corrected chi connectivity index (χ3v) is 8.96. The normalized spacial score (nSPS) is 19.3. The molecule has 2 aliphatic rings. The Morgan fingerprint density at radius 1 is 0.886 bits per heavy atom. The Morgan fingerprint density at radius 3 is 2.06 bits per heavy atom. The number of nitrogens with one attached hydrogen (secondary N) is 1. The standard InChI is InChI=1S/C26H34N4O4S/c1-21(28-14-12-23(13-15-28)25(31)27-20-22-8-4-2-5-9-22)26(32)29-16-18-30(19-17-29)35(33,34)24-10-6-3-7-11-24/h2-11,21,23H,12-20H2,1H3,(H,27,31)/t21-/m0/s1. The second-order valence-electron chi connectivity index (χ2n) is 9.23. The van der Waals surface area contributed by atoms with Gasteiger partial charge in [0.25, 0.3) is 0 Å². The van der Waals surface area contributed by atoms with Crippen molar-refractivity contribution < 1.29 is 18.0 Å². The first kappa shape index (κ1) is 25.3. The number of rotatable bonds is 7. The fourth-order valence-electron chi connectivity index (χ4n) is 4.79. The molecule has 188 valence electrons. The molecule has 1 N–H and O–H groups in total. The molecule has 0 bridgehead atoms. The Labute approximate surface area is 207 Å². The van der Waals surface area contributed by atoms with Gasteiger partial charge in [-0.1, -0.05) is 48.5 Å². The van der Waals surface area contributed by atoms with Crippen molar-refractivity contribution in [1.29, 1.82) is 0 Å². The molecule has 0 saturated carbocycles.